The van der Waals surface area contributed by atoms with E-state index < -0.39 is 5.82 Å². The number of nitrogens with two attached hydrogens (primary N) is 1. The van der Waals surface area contributed by atoms with E-state index in [1.54, 1.807) is 12.1 Å². The molecule has 0 amide bonds. The molecule has 0 bridgehead atoms. The molecule has 0 aliphatic heterocycles. The molecule has 1 aromatic heterocycles. The molecule has 1 fully saturated rings. The van der Waals surface area contributed by atoms with Gasteiger partial charge in [-0.1, -0.05) is 11.6 Å². The van der Waals surface area contributed by atoms with Crippen molar-refractivity contribution in [1.29, 1.82) is 0 Å². The lowest BCUT2D eigenvalue weighted by atomic mass is 10.2. The summed E-state index contributed by atoms with van der Waals surface area (Å²) in [5.74, 6) is 0.970. The summed E-state index contributed by atoms with van der Waals surface area (Å²) in [6, 6.07) is 6.22. The second-order valence-electron chi connectivity index (χ2n) is 4.44. The van der Waals surface area contributed by atoms with E-state index in [4.69, 9.17) is 17.3 Å². The molecule has 0 unspecified atom stereocenters. The van der Waals surface area contributed by atoms with Crippen molar-refractivity contribution < 1.29 is 4.39 Å². The van der Waals surface area contributed by atoms with E-state index in [1.807, 2.05) is 0 Å². The maximum atomic E-state index is 13.1. The first kappa shape index (κ1) is 11.4. The molecule has 0 atom stereocenters. The molecule has 1 saturated carbocycles. The van der Waals surface area contributed by atoms with E-state index >= 15 is 0 Å². The highest BCUT2D eigenvalue weighted by Crippen LogP contribution is 2.40. The van der Waals surface area contributed by atoms with Gasteiger partial charge >= 0.3 is 0 Å². The van der Waals surface area contributed by atoms with E-state index in [0.29, 0.717) is 23.1 Å². The van der Waals surface area contributed by atoms with Gasteiger partial charge in [0.25, 0.3) is 0 Å². The number of aromatic nitrogens is 2. The van der Waals surface area contributed by atoms with E-state index in [9.17, 15) is 4.39 Å². The summed E-state index contributed by atoms with van der Waals surface area (Å²) in [6.07, 6.45) is 2.28. The molecule has 3 nitrogen and oxygen atoms in total. The van der Waals surface area contributed by atoms with Crippen LogP contribution in [0, 0.1) is 5.82 Å². The lowest BCUT2D eigenvalue weighted by Crippen LogP contribution is -1.99. The summed E-state index contributed by atoms with van der Waals surface area (Å²) in [6.45, 7) is 0. The smallest absolute Gasteiger partial charge is 0.161 e. The van der Waals surface area contributed by atoms with Gasteiger partial charge in [-0.2, -0.15) is 0 Å². The number of hydrogen-bond donors (Lipinski definition) is 1. The minimum atomic E-state index is -0.452. The molecule has 2 aromatic rings. The Labute approximate surface area is 109 Å². The van der Waals surface area contributed by atoms with Crippen LogP contribution >= 0.6 is 11.6 Å². The Hall–Kier alpha value is -1.68. The molecule has 1 heterocycles. The van der Waals surface area contributed by atoms with Gasteiger partial charge in [0.15, 0.2) is 5.82 Å². The molecule has 2 N–H and O–H groups in total. The van der Waals surface area contributed by atoms with Crippen molar-refractivity contribution in [3.63, 3.8) is 0 Å². The summed E-state index contributed by atoms with van der Waals surface area (Å²) in [7, 11) is 0. The van der Waals surface area contributed by atoms with Crippen molar-refractivity contribution in [1.82, 2.24) is 9.97 Å². The highest BCUT2D eigenvalue weighted by molar-refractivity contribution is 6.31. The molecule has 0 spiro atoms. The van der Waals surface area contributed by atoms with Gasteiger partial charge in [0, 0.05) is 23.2 Å². The standard InChI is InChI=1S/C13H11ClFN3/c14-9-5-8(3-4-10(9)15)13-17-11(7-1-2-7)6-12(16)18-13/h3-7H,1-2H2,(H2,16,17,18). The van der Waals surface area contributed by atoms with Crippen LogP contribution in [0.5, 0.6) is 0 Å². The molecule has 18 heavy (non-hydrogen) atoms. The lowest BCUT2D eigenvalue weighted by molar-refractivity contribution is 0.628. The summed E-state index contributed by atoms with van der Waals surface area (Å²) < 4.78 is 13.1. The third-order valence-corrected chi connectivity index (χ3v) is 3.23. The zero-order chi connectivity index (χ0) is 12.7. The van der Waals surface area contributed by atoms with Gasteiger partial charge in [-0.05, 0) is 31.0 Å². The van der Waals surface area contributed by atoms with Crippen LogP contribution in [0.3, 0.4) is 0 Å². The number of hydrogen-bond acceptors (Lipinski definition) is 3. The molecule has 0 radical (unpaired) electrons. The van der Waals surface area contributed by atoms with Gasteiger partial charge in [-0.25, -0.2) is 14.4 Å². The SMILES string of the molecule is Nc1cc(C2CC2)nc(-c2ccc(F)c(Cl)c2)n1. The zero-order valence-electron chi connectivity index (χ0n) is 9.53. The average Bonchev–Trinajstić information content (AvgIpc) is 3.16. The summed E-state index contributed by atoms with van der Waals surface area (Å²) in [5, 5.41) is 0.0616. The Kier molecular flexibility index (Phi) is 2.67. The fraction of sp³-hybridized carbons (Fsp3) is 0.231. The molecule has 1 aromatic carbocycles. The molecule has 3 rings (SSSR count). The first-order chi connectivity index (χ1) is 8.63. The average molecular weight is 264 g/mol. The summed E-state index contributed by atoms with van der Waals surface area (Å²) >= 11 is 5.76. The lowest BCUT2D eigenvalue weighted by Gasteiger charge is -2.05. The van der Waals surface area contributed by atoms with E-state index in [1.165, 1.54) is 12.1 Å². The van der Waals surface area contributed by atoms with Gasteiger partial charge in [0.1, 0.15) is 11.6 Å². The van der Waals surface area contributed by atoms with Crippen molar-refractivity contribution in [3.05, 3.63) is 40.8 Å². The Balaban J connectivity index is 2.07. The number of halogens is 2. The van der Waals surface area contributed by atoms with E-state index in [-0.39, 0.29) is 5.02 Å². The summed E-state index contributed by atoms with van der Waals surface area (Å²) in [4.78, 5) is 8.64. The number of benzene rings is 1. The van der Waals surface area contributed by atoms with Crippen LogP contribution in [0.25, 0.3) is 11.4 Å². The number of rotatable bonds is 2. The van der Waals surface area contributed by atoms with Gasteiger partial charge in [-0.3, -0.25) is 0 Å². The number of anilines is 1. The van der Waals surface area contributed by atoms with E-state index in [0.717, 1.165) is 18.5 Å². The molecule has 1 aliphatic carbocycles. The van der Waals surface area contributed by atoms with Crippen LogP contribution in [-0.4, -0.2) is 9.97 Å². The van der Waals surface area contributed by atoms with Crippen molar-refractivity contribution in [2.45, 2.75) is 18.8 Å². The maximum absolute atomic E-state index is 13.1. The highest BCUT2D eigenvalue weighted by atomic mass is 35.5. The predicted molar refractivity (Wildman–Crippen MR) is 68.8 cm³/mol. The third-order valence-electron chi connectivity index (χ3n) is 2.94. The van der Waals surface area contributed by atoms with Crippen molar-refractivity contribution >= 4 is 17.4 Å². The second kappa shape index (κ2) is 4.21. The van der Waals surface area contributed by atoms with Crippen LogP contribution < -0.4 is 5.73 Å². The molecule has 5 heteroatoms. The number of nitrogen functional groups attached to an aromatic ring is 1. The monoisotopic (exact) mass is 263 g/mol. The zero-order valence-corrected chi connectivity index (χ0v) is 10.3. The molecule has 0 saturated heterocycles. The van der Waals surface area contributed by atoms with Crippen LogP contribution in [0.2, 0.25) is 5.02 Å². The topological polar surface area (TPSA) is 51.8 Å². The quantitative estimate of drug-likeness (QED) is 0.903. The fourth-order valence-corrected chi connectivity index (χ4v) is 2.02. The van der Waals surface area contributed by atoms with Crippen LogP contribution in [0.15, 0.2) is 24.3 Å². The largest absolute Gasteiger partial charge is 0.384 e. The first-order valence-electron chi connectivity index (χ1n) is 5.73. The Bertz CT molecular complexity index is 611. The van der Waals surface area contributed by atoms with Crippen molar-refractivity contribution in [2.75, 3.05) is 5.73 Å². The van der Waals surface area contributed by atoms with Crippen molar-refractivity contribution in [2.24, 2.45) is 0 Å². The van der Waals surface area contributed by atoms with Crippen LogP contribution in [0.1, 0.15) is 24.5 Å². The van der Waals surface area contributed by atoms with Crippen LogP contribution in [0.4, 0.5) is 10.2 Å². The minimum absolute atomic E-state index is 0.0616. The Morgan fingerprint density at radius 3 is 2.67 bits per heavy atom. The predicted octanol–water partition coefficient (Wildman–Crippen LogP) is 3.40. The van der Waals surface area contributed by atoms with Crippen LogP contribution in [-0.2, 0) is 0 Å². The number of nitrogens with zero attached hydrogens (tertiary/aromatic N) is 2. The van der Waals surface area contributed by atoms with Gasteiger partial charge in [0.2, 0.25) is 0 Å². The van der Waals surface area contributed by atoms with Gasteiger partial charge < -0.3 is 5.73 Å². The minimum Gasteiger partial charge on any atom is -0.384 e. The molecular formula is C13H11ClFN3. The third kappa shape index (κ3) is 2.16. The molecule has 1 aliphatic rings. The fourth-order valence-electron chi connectivity index (χ4n) is 1.84. The second-order valence-corrected chi connectivity index (χ2v) is 4.85. The molecule has 92 valence electrons. The van der Waals surface area contributed by atoms with E-state index in [2.05, 4.69) is 9.97 Å². The Morgan fingerprint density at radius 2 is 2.00 bits per heavy atom. The van der Waals surface area contributed by atoms with Gasteiger partial charge in [-0.15, -0.1) is 0 Å². The Morgan fingerprint density at radius 1 is 1.22 bits per heavy atom. The van der Waals surface area contributed by atoms with Gasteiger partial charge in [0.05, 0.1) is 5.02 Å². The molecular weight excluding hydrogens is 253 g/mol. The normalized spacial score (nSPS) is 14.8. The highest BCUT2D eigenvalue weighted by Gasteiger charge is 2.26. The maximum Gasteiger partial charge on any atom is 0.161 e. The van der Waals surface area contributed by atoms with Crippen molar-refractivity contribution in [3.8, 4) is 11.4 Å². The summed E-state index contributed by atoms with van der Waals surface area (Å²) in [5.41, 5.74) is 7.41. The first-order valence-corrected chi connectivity index (χ1v) is 6.11.